The number of carbonyl (C=O) groups is 1. The van der Waals surface area contributed by atoms with E-state index in [9.17, 15) is 9.59 Å². The van der Waals surface area contributed by atoms with Crippen LogP contribution in [0.1, 0.15) is 13.8 Å². The van der Waals surface area contributed by atoms with E-state index in [1.165, 1.54) is 6.26 Å². The van der Waals surface area contributed by atoms with Gasteiger partial charge < -0.3 is 9.15 Å². The van der Waals surface area contributed by atoms with E-state index in [-0.39, 0.29) is 17.3 Å². The second kappa shape index (κ2) is 6.61. The summed E-state index contributed by atoms with van der Waals surface area (Å²) in [4.78, 5) is 24.3. The molecule has 0 atom stereocenters. The number of hydrogen-bond donors (Lipinski definition) is 0. The largest absolute Gasteiger partial charge is 0.463 e. The third-order valence-corrected chi connectivity index (χ3v) is 4.12. The predicted molar refractivity (Wildman–Crippen MR) is 96.1 cm³/mol. The number of fused-ring (bicyclic) bond motifs is 1. The number of benzene rings is 2. The van der Waals surface area contributed by atoms with E-state index in [1.54, 1.807) is 32.0 Å². The molecule has 5 heteroatoms. The van der Waals surface area contributed by atoms with Gasteiger partial charge in [-0.1, -0.05) is 41.9 Å². The van der Waals surface area contributed by atoms with Crippen molar-refractivity contribution in [3.05, 3.63) is 63.4 Å². The molecule has 0 unspecified atom stereocenters. The Hall–Kier alpha value is -2.40. The van der Waals surface area contributed by atoms with Crippen LogP contribution in [0, 0.1) is 5.92 Å². The van der Waals surface area contributed by atoms with Crippen LogP contribution in [-0.2, 0) is 4.79 Å². The number of hydrogen-bond acceptors (Lipinski definition) is 4. The topological polar surface area (TPSA) is 56.5 Å². The maximum atomic E-state index is 12.7. The minimum atomic E-state index is -0.330. The Kier molecular flexibility index (Phi) is 4.53. The Morgan fingerprint density at radius 1 is 1.12 bits per heavy atom. The number of halogens is 1. The molecule has 0 spiro atoms. The van der Waals surface area contributed by atoms with E-state index in [0.717, 1.165) is 10.0 Å². The van der Waals surface area contributed by atoms with Gasteiger partial charge in [-0.3, -0.25) is 9.59 Å². The molecule has 0 amide bonds. The zero-order valence-electron chi connectivity index (χ0n) is 13.2. The average molecular weight is 387 g/mol. The van der Waals surface area contributed by atoms with Crippen molar-refractivity contribution in [2.75, 3.05) is 0 Å². The molecule has 1 heterocycles. The molecule has 122 valence electrons. The van der Waals surface area contributed by atoms with Gasteiger partial charge in [0.25, 0.3) is 0 Å². The van der Waals surface area contributed by atoms with Crippen molar-refractivity contribution in [2.24, 2.45) is 5.92 Å². The number of esters is 1. The fraction of sp³-hybridized carbons (Fsp3) is 0.158. The van der Waals surface area contributed by atoms with Gasteiger partial charge in [0.15, 0.2) is 5.43 Å². The second-order valence-electron chi connectivity index (χ2n) is 5.72. The first-order valence-electron chi connectivity index (χ1n) is 7.49. The molecule has 2 aromatic carbocycles. The summed E-state index contributed by atoms with van der Waals surface area (Å²) >= 11 is 3.37. The third kappa shape index (κ3) is 3.26. The molecule has 4 nitrogen and oxygen atoms in total. The first-order chi connectivity index (χ1) is 11.5. The van der Waals surface area contributed by atoms with Gasteiger partial charge in [0, 0.05) is 10.5 Å². The molecule has 0 N–H and O–H groups in total. The lowest BCUT2D eigenvalue weighted by Gasteiger charge is -2.08. The van der Waals surface area contributed by atoms with Gasteiger partial charge in [0.2, 0.25) is 0 Å². The maximum absolute atomic E-state index is 12.7. The predicted octanol–water partition coefficient (Wildman–Crippen LogP) is 4.78. The lowest BCUT2D eigenvalue weighted by molar-refractivity contribution is -0.137. The van der Waals surface area contributed by atoms with Crippen LogP contribution in [0.4, 0.5) is 0 Å². The van der Waals surface area contributed by atoms with Crippen molar-refractivity contribution in [3.63, 3.8) is 0 Å². The summed E-state index contributed by atoms with van der Waals surface area (Å²) in [5.74, 6) is -0.198. The lowest BCUT2D eigenvalue weighted by Crippen LogP contribution is -2.14. The van der Waals surface area contributed by atoms with Gasteiger partial charge in [-0.05, 0) is 29.8 Å². The number of rotatable bonds is 3. The van der Waals surface area contributed by atoms with Crippen LogP contribution >= 0.6 is 15.9 Å². The summed E-state index contributed by atoms with van der Waals surface area (Å²) in [6, 6.07) is 12.2. The third-order valence-electron chi connectivity index (χ3n) is 3.59. The highest BCUT2D eigenvalue weighted by Gasteiger charge is 2.13. The number of ether oxygens (including phenoxy) is 1. The monoisotopic (exact) mass is 386 g/mol. The number of carbonyl (C=O) groups excluding carboxylic acids is 1. The smallest absolute Gasteiger partial charge is 0.313 e. The fourth-order valence-corrected chi connectivity index (χ4v) is 2.50. The van der Waals surface area contributed by atoms with Crippen molar-refractivity contribution >= 4 is 32.9 Å². The zero-order valence-corrected chi connectivity index (χ0v) is 14.8. The molecule has 3 aromatic rings. The first kappa shape index (κ1) is 16.5. The highest BCUT2D eigenvalue weighted by molar-refractivity contribution is 9.10. The van der Waals surface area contributed by atoms with E-state index in [1.807, 2.05) is 24.3 Å². The van der Waals surface area contributed by atoms with E-state index < -0.39 is 0 Å². The summed E-state index contributed by atoms with van der Waals surface area (Å²) in [7, 11) is 0. The quantitative estimate of drug-likeness (QED) is 0.479. The van der Waals surface area contributed by atoms with Gasteiger partial charge in [-0.15, -0.1) is 0 Å². The van der Waals surface area contributed by atoms with Crippen LogP contribution in [0.25, 0.3) is 22.1 Å². The van der Waals surface area contributed by atoms with Gasteiger partial charge in [0.05, 0.1) is 16.9 Å². The summed E-state index contributed by atoms with van der Waals surface area (Å²) in [6.07, 6.45) is 1.43. The van der Waals surface area contributed by atoms with Crippen LogP contribution in [-0.4, -0.2) is 5.97 Å². The van der Waals surface area contributed by atoms with E-state index in [2.05, 4.69) is 15.9 Å². The normalized spacial score (nSPS) is 11.0. The fourth-order valence-electron chi connectivity index (χ4n) is 2.23. The van der Waals surface area contributed by atoms with Crippen molar-refractivity contribution in [1.82, 2.24) is 0 Å². The molecule has 0 aliphatic heterocycles. The van der Waals surface area contributed by atoms with Crippen molar-refractivity contribution in [1.29, 1.82) is 0 Å². The Bertz CT molecular complexity index is 955. The van der Waals surface area contributed by atoms with Gasteiger partial charge in [-0.2, -0.15) is 0 Å². The van der Waals surface area contributed by atoms with Crippen molar-refractivity contribution in [3.8, 4) is 16.9 Å². The Labute approximate surface area is 147 Å². The molecule has 0 radical (unpaired) electrons. The molecule has 0 aliphatic carbocycles. The van der Waals surface area contributed by atoms with Gasteiger partial charge >= 0.3 is 5.97 Å². The summed E-state index contributed by atoms with van der Waals surface area (Å²) < 4.78 is 11.8. The minimum Gasteiger partial charge on any atom is -0.463 e. The Balaban J connectivity index is 2.02. The standard InChI is InChI=1S/C19H15BrO4/c1-11(2)19(22)24-14-7-8-15-17(9-14)23-10-16(18(15)21)12-3-5-13(20)6-4-12/h3-11H,1-2H3. The molecule has 3 rings (SSSR count). The highest BCUT2D eigenvalue weighted by Crippen LogP contribution is 2.24. The maximum Gasteiger partial charge on any atom is 0.313 e. The molecule has 0 fully saturated rings. The SMILES string of the molecule is CC(C)C(=O)Oc1ccc2c(=O)c(-c3ccc(Br)cc3)coc2c1. The average Bonchev–Trinajstić information content (AvgIpc) is 2.56. The van der Waals surface area contributed by atoms with E-state index in [0.29, 0.717) is 22.3 Å². The summed E-state index contributed by atoms with van der Waals surface area (Å²) in [5.41, 5.74) is 1.53. The van der Waals surface area contributed by atoms with E-state index >= 15 is 0 Å². The lowest BCUT2D eigenvalue weighted by atomic mass is 10.1. The van der Waals surface area contributed by atoms with Crippen LogP contribution in [0.2, 0.25) is 0 Å². The molecular formula is C19H15BrO4. The molecule has 0 aliphatic rings. The Morgan fingerprint density at radius 2 is 1.83 bits per heavy atom. The van der Waals surface area contributed by atoms with Crippen molar-refractivity contribution in [2.45, 2.75) is 13.8 Å². The Morgan fingerprint density at radius 3 is 2.50 bits per heavy atom. The zero-order chi connectivity index (χ0) is 17.3. The van der Waals surface area contributed by atoms with E-state index in [4.69, 9.17) is 9.15 Å². The molecule has 0 saturated carbocycles. The molecule has 1 aromatic heterocycles. The van der Waals surface area contributed by atoms with Crippen LogP contribution in [0.5, 0.6) is 5.75 Å². The summed E-state index contributed by atoms with van der Waals surface area (Å²) in [6.45, 7) is 3.52. The second-order valence-corrected chi connectivity index (χ2v) is 6.63. The molecule has 0 saturated heterocycles. The van der Waals surface area contributed by atoms with Crippen LogP contribution < -0.4 is 10.2 Å². The van der Waals surface area contributed by atoms with Crippen LogP contribution in [0.15, 0.2) is 62.4 Å². The van der Waals surface area contributed by atoms with Crippen LogP contribution in [0.3, 0.4) is 0 Å². The van der Waals surface area contributed by atoms with Crippen molar-refractivity contribution < 1.29 is 13.9 Å². The summed E-state index contributed by atoms with van der Waals surface area (Å²) in [5, 5.41) is 0.444. The highest BCUT2D eigenvalue weighted by atomic mass is 79.9. The minimum absolute atomic E-state index is 0.125. The molecule has 24 heavy (non-hydrogen) atoms. The molecule has 0 bridgehead atoms. The van der Waals surface area contributed by atoms with Gasteiger partial charge in [0.1, 0.15) is 17.6 Å². The molecular weight excluding hydrogens is 372 g/mol. The first-order valence-corrected chi connectivity index (χ1v) is 8.28. The van der Waals surface area contributed by atoms with Gasteiger partial charge in [-0.25, -0.2) is 0 Å².